The lowest BCUT2D eigenvalue weighted by atomic mass is 9.92. The van der Waals surface area contributed by atoms with Crippen molar-refractivity contribution < 1.29 is 35.9 Å². The number of nitriles is 1. The lowest BCUT2D eigenvalue weighted by Crippen LogP contribution is -2.43. The van der Waals surface area contributed by atoms with Crippen LogP contribution in [0.1, 0.15) is 36.8 Å². The van der Waals surface area contributed by atoms with Gasteiger partial charge in [-0.15, -0.1) is 11.3 Å². The molecule has 48 heavy (non-hydrogen) atoms. The highest BCUT2D eigenvalue weighted by Gasteiger charge is 2.49. The number of rotatable bonds is 6. The second-order valence-corrected chi connectivity index (χ2v) is 13.7. The largest absolute Gasteiger partial charge is 0.461 e. The molecule has 5 heterocycles. The van der Waals surface area contributed by atoms with Crippen molar-refractivity contribution in [2.24, 2.45) is 0 Å². The van der Waals surface area contributed by atoms with E-state index in [-0.39, 0.29) is 81.9 Å². The molecule has 7 rings (SSSR count). The minimum absolute atomic E-state index is 0.0276. The molecule has 3 aliphatic rings. The molecule has 16 heteroatoms. The quantitative estimate of drug-likeness (QED) is 0.250. The van der Waals surface area contributed by atoms with Crippen molar-refractivity contribution in [3.05, 3.63) is 41.0 Å². The number of fused-ring (bicyclic) bond motifs is 3. The molecule has 3 atom stereocenters. The second-order valence-electron chi connectivity index (χ2n) is 12.7. The number of ether oxygens (including phenoxy) is 1. The van der Waals surface area contributed by atoms with Gasteiger partial charge in [0, 0.05) is 56.4 Å². The summed E-state index contributed by atoms with van der Waals surface area (Å²) in [6, 6.07) is 3.56. The summed E-state index contributed by atoms with van der Waals surface area (Å²) in [5.74, 6) is -2.51. The van der Waals surface area contributed by atoms with Crippen LogP contribution in [0.5, 0.6) is 6.01 Å². The summed E-state index contributed by atoms with van der Waals surface area (Å²) in [5, 5.41) is 9.11. The fraction of sp³-hybridized carbons (Fsp3) is 0.438. The van der Waals surface area contributed by atoms with E-state index in [9.17, 15) is 32.0 Å². The average molecular weight is 690 g/mol. The second kappa shape index (κ2) is 11.4. The number of aromatic nitrogens is 2. The van der Waals surface area contributed by atoms with Crippen molar-refractivity contribution in [3.8, 4) is 23.2 Å². The van der Waals surface area contributed by atoms with Gasteiger partial charge in [0.2, 0.25) is 5.91 Å². The molecule has 4 aromatic rings. The minimum atomic E-state index is -5.12. The van der Waals surface area contributed by atoms with Crippen LogP contribution in [0.4, 0.5) is 37.2 Å². The number of likely N-dealkylation sites (tertiary alicyclic amines) is 1. The third-order valence-electron chi connectivity index (χ3n) is 9.83. The number of alkyl halides is 4. The highest BCUT2D eigenvalue weighted by atomic mass is 32.1. The molecule has 0 aliphatic carbocycles. The molecule has 252 valence electrons. The normalized spacial score (nSPS) is 23.0. The van der Waals surface area contributed by atoms with E-state index >= 15 is 4.39 Å². The van der Waals surface area contributed by atoms with E-state index in [1.54, 1.807) is 20.2 Å². The monoisotopic (exact) mass is 689 g/mol. The Balaban J connectivity index is 1.46. The molecule has 2 N–H and O–H groups in total. The van der Waals surface area contributed by atoms with Crippen molar-refractivity contribution in [1.29, 1.82) is 5.26 Å². The van der Waals surface area contributed by atoms with Crippen LogP contribution in [0.3, 0.4) is 0 Å². The summed E-state index contributed by atoms with van der Waals surface area (Å²) in [6.45, 7) is 1.15. The number of benzene rings is 2. The number of likely N-dealkylation sites (N-methyl/N-ethyl adjacent to an activating group) is 2. The third kappa shape index (κ3) is 5.06. The fourth-order valence-corrected chi connectivity index (χ4v) is 8.39. The molecule has 9 nitrogen and oxygen atoms in total. The summed E-state index contributed by atoms with van der Waals surface area (Å²) in [6.07, 6.45) is -4.42. The first-order chi connectivity index (χ1) is 22.7. The van der Waals surface area contributed by atoms with Gasteiger partial charge in [-0.05, 0) is 37.1 Å². The number of hydrogen-bond acceptors (Lipinski definition) is 9. The van der Waals surface area contributed by atoms with Gasteiger partial charge in [0.1, 0.15) is 41.0 Å². The molecule has 1 amide bonds. The molecular weight excluding hydrogens is 660 g/mol. The van der Waals surface area contributed by atoms with Crippen LogP contribution in [0.2, 0.25) is 0 Å². The van der Waals surface area contributed by atoms with Gasteiger partial charge in [0.15, 0.2) is 5.82 Å². The Kier molecular flexibility index (Phi) is 7.63. The SMILES string of the molecule is CN1CC(N(C)c2nc(OCC34CCCN3CC(F)C4)nc3c(F)c(-c4ccc(F)c5sc(N)c(C#N)c45)c(C(F)(F)F)cc23)CC1=O. The molecule has 3 aliphatic heterocycles. The highest BCUT2D eigenvalue weighted by Crippen LogP contribution is 2.48. The Hall–Kier alpha value is -4.36. The first-order valence-corrected chi connectivity index (χ1v) is 16.0. The molecule has 3 unspecified atom stereocenters. The van der Waals surface area contributed by atoms with Gasteiger partial charge in [-0.2, -0.15) is 28.4 Å². The van der Waals surface area contributed by atoms with E-state index in [0.29, 0.717) is 24.3 Å². The van der Waals surface area contributed by atoms with Crippen LogP contribution in [-0.2, 0) is 11.0 Å². The Bertz CT molecular complexity index is 2030. The Labute approximate surface area is 274 Å². The zero-order valence-electron chi connectivity index (χ0n) is 25.8. The van der Waals surface area contributed by atoms with Crippen molar-refractivity contribution in [2.45, 2.75) is 49.6 Å². The van der Waals surface area contributed by atoms with Crippen molar-refractivity contribution in [1.82, 2.24) is 19.8 Å². The summed E-state index contributed by atoms with van der Waals surface area (Å²) in [7, 11) is 3.14. The maximum absolute atomic E-state index is 17.0. The smallest absolute Gasteiger partial charge is 0.417 e. The first kappa shape index (κ1) is 32.2. The molecule has 0 bridgehead atoms. The van der Waals surface area contributed by atoms with Crippen LogP contribution in [0.25, 0.3) is 32.1 Å². The number of carbonyl (C=O) groups is 1. The van der Waals surface area contributed by atoms with Crippen LogP contribution < -0.4 is 15.4 Å². The number of halogens is 6. The molecule has 3 saturated heterocycles. The summed E-state index contributed by atoms with van der Waals surface area (Å²) in [5.41, 5.74) is 1.78. The van der Waals surface area contributed by atoms with E-state index in [2.05, 4.69) is 9.97 Å². The van der Waals surface area contributed by atoms with Crippen LogP contribution in [-0.4, -0.2) is 83.8 Å². The predicted octanol–water partition coefficient (Wildman–Crippen LogP) is 5.88. The lowest BCUT2D eigenvalue weighted by Gasteiger charge is -2.31. The topological polar surface area (TPSA) is 112 Å². The van der Waals surface area contributed by atoms with Gasteiger partial charge in [-0.25, -0.2) is 13.2 Å². The average Bonchev–Trinajstić information content (AvgIpc) is 3.76. The number of nitrogens with zero attached hydrogens (tertiary/aromatic N) is 6. The number of hydrogen-bond donors (Lipinski definition) is 1. The van der Waals surface area contributed by atoms with Gasteiger partial charge in [-0.1, -0.05) is 6.07 Å². The van der Waals surface area contributed by atoms with Gasteiger partial charge < -0.3 is 20.3 Å². The summed E-state index contributed by atoms with van der Waals surface area (Å²) in [4.78, 5) is 26.1. The van der Waals surface area contributed by atoms with E-state index in [4.69, 9.17) is 10.5 Å². The number of amides is 1. The molecule has 0 spiro atoms. The summed E-state index contributed by atoms with van der Waals surface area (Å²) >= 11 is 0.673. The molecule has 3 fully saturated rings. The van der Waals surface area contributed by atoms with Gasteiger partial charge in [-0.3, -0.25) is 9.69 Å². The third-order valence-corrected chi connectivity index (χ3v) is 10.9. The Morgan fingerprint density at radius 3 is 2.71 bits per heavy atom. The number of nitrogens with two attached hydrogens (primary N) is 1. The standard InChI is InChI=1S/C32H29F6N7O2S/c1-43-13-16(8-22(43)46)44(2)29-18-9-20(32(36,37)38)24(17-4-5-21(34)27-23(17)19(11-39)28(40)48-27)25(35)26(18)41-30(42-29)47-14-31-6-3-7-45(31)12-15(33)10-31/h4-5,9,15-16H,3,6-8,10,12-14,40H2,1-2H3. The van der Waals surface area contributed by atoms with Gasteiger partial charge in [0.25, 0.3) is 0 Å². The number of anilines is 2. The molecule has 2 aromatic heterocycles. The zero-order valence-corrected chi connectivity index (χ0v) is 26.6. The van der Waals surface area contributed by atoms with Crippen molar-refractivity contribution >= 4 is 49.1 Å². The maximum Gasteiger partial charge on any atom is 0.417 e. The van der Waals surface area contributed by atoms with Crippen molar-refractivity contribution in [3.63, 3.8) is 0 Å². The number of carbonyl (C=O) groups excluding carboxylic acids is 1. The fourth-order valence-electron chi connectivity index (χ4n) is 7.44. The maximum atomic E-state index is 17.0. The van der Waals surface area contributed by atoms with Crippen LogP contribution in [0, 0.1) is 23.0 Å². The molecular formula is C32H29F6N7O2S. The number of thiophene rings is 1. The molecule has 0 radical (unpaired) electrons. The zero-order chi connectivity index (χ0) is 34.3. The van der Waals surface area contributed by atoms with E-state index < -0.39 is 52.2 Å². The van der Waals surface area contributed by atoms with Crippen LogP contribution in [0.15, 0.2) is 18.2 Å². The lowest BCUT2D eigenvalue weighted by molar-refractivity contribution is -0.137. The molecule has 0 saturated carbocycles. The Morgan fingerprint density at radius 1 is 1.25 bits per heavy atom. The minimum Gasteiger partial charge on any atom is -0.461 e. The van der Waals surface area contributed by atoms with E-state index in [1.807, 2.05) is 4.90 Å². The first-order valence-electron chi connectivity index (χ1n) is 15.2. The van der Waals surface area contributed by atoms with E-state index in [1.165, 1.54) is 9.80 Å². The number of nitrogen functional groups attached to an aromatic ring is 1. The van der Waals surface area contributed by atoms with Crippen LogP contribution >= 0.6 is 11.3 Å². The predicted molar refractivity (Wildman–Crippen MR) is 167 cm³/mol. The molecule has 2 aromatic carbocycles. The van der Waals surface area contributed by atoms with E-state index in [0.717, 1.165) is 24.6 Å². The summed E-state index contributed by atoms with van der Waals surface area (Å²) < 4.78 is 96.8. The van der Waals surface area contributed by atoms with Gasteiger partial charge in [0.05, 0.1) is 27.4 Å². The van der Waals surface area contributed by atoms with Crippen molar-refractivity contribution in [2.75, 3.05) is 51.0 Å². The van der Waals surface area contributed by atoms with Gasteiger partial charge >= 0.3 is 12.2 Å². The highest BCUT2D eigenvalue weighted by molar-refractivity contribution is 7.23. The Morgan fingerprint density at radius 2 is 2.02 bits per heavy atom.